The minimum absolute atomic E-state index is 0.156. The highest BCUT2D eigenvalue weighted by atomic mass is 19.4. The lowest BCUT2D eigenvalue weighted by molar-refractivity contribution is -0.274. The number of hydrogen-bond acceptors (Lipinski definition) is 3. The molecule has 0 fully saturated rings. The maximum absolute atomic E-state index is 12.0. The normalized spacial score (nSPS) is 10.8. The zero-order valence-electron chi connectivity index (χ0n) is 10.7. The second-order valence-corrected chi connectivity index (χ2v) is 4.08. The molecule has 6 heteroatoms. The van der Waals surface area contributed by atoms with Crippen LogP contribution in [0.4, 0.5) is 13.2 Å². The van der Waals surface area contributed by atoms with E-state index in [2.05, 4.69) is 4.74 Å². The summed E-state index contributed by atoms with van der Waals surface area (Å²) in [5.41, 5.74) is 1.20. The van der Waals surface area contributed by atoms with Crippen LogP contribution in [0.25, 0.3) is 0 Å². The Bertz CT molecular complexity index is 645. The van der Waals surface area contributed by atoms with Crippen LogP contribution in [0.15, 0.2) is 48.5 Å². The Hall–Kier alpha value is -2.68. The van der Waals surface area contributed by atoms with Crippen LogP contribution in [-0.2, 0) is 6.61 Å². The average Bonchev–Trinajstić information content (AvgIpc) is 2.45. The third-order valence-corrected chi connectivity index (χ3v) is 2.59. The molecule has 0 bridgehead atoms. The Balaban J connectivity index is 2.00. The van der Waals surface area contributed by atoms with Gasteiger partial charge in [-0.05, 0) is 30.3 Å². The van der Waals surface area contributed by atoms with Crippen molar-refractivity contribution in [2.24, 2.45) is 0 Å². The summed E-state index contributed by atoms with van der Waals surface area (Å²) in [6.45, 7) is 0.156. The van der Waals surface area contributed by atoms with Gasteiger partial charge in [0.15, 0.2) is 0 Å². The van der Waals surface area contributed by atoms with Gasteiger partial charge in [-0.3, -0.25) is 0 Å². The first kappa shape index (κ1) is 14.7. The van der Waals surface area contributed by atoms with E-state index in [4.69, 9.17) is 10.00 Å². The van der Waals surface area contributed by atoms with E-state index >= 15 is 0 Å². The molecule has 2 aromatic carbocycles. The third kappa shape index (κ3) is 4.42. The van der Waals surface area contributed by atoms with E-state index in [0.717, 1.165) is 0 Å². The number of hydrogen-bond donors (Lipinski definition) is 0. The lowest BCUT2D eigenvalue weighted by atomic mass is 10.1. The summed E-state index contributed by atoms with van der Waals surface area (Å²) >= 11 is 0. The summed E-state index contributed by atoms with van der Waals surface area (Å²) in [4.78, 5) is 0. The predicted octanol–water partition coefficient (Wildman–Crippen LogP) is 4.04. The molecule has 0 atom stereocenters. The van der Waals surface area contributed by atoms with E-state index in [9.17, 15) is 13.2 Å². The highest BCUT2D eigenvalue weighted by Crippen LogP contribution is 2.25. The van der Waals surface area contributed by atoms with Crippen molar-refractivity contribution < 1.29 is 22.6 Å². The number of nitriles is 1. The van der Waals surface area contributed by atoms with E-state index in [0.29, 0.717) is 16.9 Å². The Morgan fingerprint density at radius 3 is 2.19 bits per heavy atom. The van der Waals surface area contributed by atoms with Crippen molar-refractivity contribution >= 4 is 0 Å². The van der Waals surface area contributed by atoms with Gasteiger partial charge >= 0.3 is 6.36 Å². The summed E-state index contributed by atoms with van der Waals surface area (Å²) < 4.78 is 45.2. The van der Waals surface area contributed by atoms with Crippen molar-refractivity contribution in [2.45, 2.75) is 13.0 Å². The molecule has 0 radical (unpaired) electrons. The molecule has 0 unspecified atom stereocenters. The van der Waals surface area contributed by atoms with Crippen molar-refractivity contribution in [3.8, 4) is 17.6 Å². The van der Waals surface area contributed by atoms with E-state index in [-0.39, 0.29) is 12.4 Å². The van der Waals surface area contributed by atoms with Crippen molar-refractivity contribution in [1.29, 1.82) is 5.26 Å². The minimum Gasteiger partial charge on any atom is -0.489 e. The lowest BCUT2D eigenvalue weighted by Gasteiger charge is -2.10. The topological polar surface area (TPSA) is 42.2 Å². The fourth-order valence-corrected chi connectivity index (χ4v) is 1.65. The van der Waals surface area contributed by atoms with Gasteiger partial charge in [0.1, 0.15) is 18.1 Å². The predicted molar refractivity (Wildman–Crippen MR) is 68.6 cm³/mol. The van der Waals surface area contributed by atoms with Gasteiger partial charge in [-0.15, -0.1) is 13.2 Å². The number of benzene rings is 2. The number of ether oxygens (including phenoxy) is 2. The lowest BCUT2D eigenvalue weighted by Crippen LogP contribution is -2.16. The zero-order valence-corrected chi connectivity index (χ0v) is 10.7. The van der Waals surface area contributed by atoms with Crippen LogP contribution < -0.4 is 9.47 Å². The first-order chi connectivity index (χ1) is 9.98. The van der Waals surface area contributed by atoms with E-state index in [1.807, 2.05) is 6.07 Å². The molecule has 0 heterocycles. The first-order valence-corrected chi connectivity index (χ1v) is 5.94. The van der Waals surface area contributed by atoms with Gasteiger partial charge in [0, 0.05) is 5.56 Å². The highest BCUT2D eigenvalue weighted by Gasteiger charge is 2.30. The minimum atomic E-state index is -4.71. The van der Waals surface area contributed by atoms with Crippen molar-refractivity contribution in [3.05, 3.63) is 59.7 Å². The van der Waals surface area contributed by atoms with Crippen LogP contribution in [0.3, 0.4) is 0 Å². The second-order valence-electron chi connectivity index (χ2n) is 4.08. The molecule has 0 aliphatic carbocycles. The number of halogens is 3. The molecule has 0 aromatic heterocycles. The van der Waals surface area contributed by atoms with E-state index < -0.39 is 6.36 Å². The molecule has 0 amide bonds. The standard InChI is InChI=1S/C15H10F3NO2/c16-15(17,18)21-14-7-5-13(6-8-14)20-10-12-4-2-1-3-11(12)9-19/h1-8H,10H2. The molecular weight excluding hydrogens is 283 g/mol. The molecule has 21 heavy (non-hydrogen) atoms. The molecule has 0 aliphatic rings. The maximum Gasteiger partial charge on any atom is 0.573 e. The molecule has 0 N–H and O–H groups in total. The Morgan fingerprint density at radius 1 is 0.952 bits per heavy atom. The monoisotopic (exact) mass is 293 g/mol. The summed E-state index contributed by atoms with van der Waals surface area (Å²) in [5, 5.41) is 8.93. The molecule has 0 saturated heterocycles. The molecule has 0 saturated carbocycles. The summed E-state index contributed by atoms with van der Waals surface area (Å²) in [5.74, 6) is 0.0737. The number of nitrogens with zero attached hydrogens (tertiary/aromatic N) is 1. The fourth-order valence-electron chi connectivity index (χ4n) is 1.65. The Labute approximate surface area is 119 Å². The van der Waals surface area contributed by atoms with Crippen molar-refractivity contribution in [2.75, 3.05) is 0 Å². The fraction of sp³-hybridized carbons (Fsp3) is 0.133. The van der Waals surface area contributed by atoms with Crippen LogP contribution in [0.1, 0.15) is 11.1 Å². The average molecular weight is 293 g/mol. The van der Waals surface area contributed by atoms with E-state index in [1.165, 1.54) is 24.3 Å². The van der Waals surface area contributed by atoms with E-state index in [1.54, 1.807) is 24.3 Å². The van der Waals surface area contributed by atoms with Crippen LogP contribution in [0.5, 0.6) is 11.5 Å². The van der Waals surface area contributed by atoms with Crippen LogP contribution in [0, 0.1) is 11.3 Å². The summed E-state index contributed by atoms with van der Waals surface area (Å²) in [6, 6.07) is 14.0. The van der Waals surface area contributed by atoms with Gasteiger partial charge in [0.25, 0.3) is 0 Å². The first-order valence-electron chi connectivity index (χ1n) is 5.94. The van der Waals surface area contributed by atoms with Gasteiger partial charge < -0.3 is 9.47 Å². The van der Waals surface area contributed by atoms with Crippen LogP contribution in [0.2, 0.25) is 0 Å². The quantitative estimate of drug-likeness (QED) is 0.854. The smallest absolute Gasteiger partial charge is 0.489 e. The van der Waals surface area contributed by atoms with Gasteiger partial charge in [-0.2, -0.15) is 5.26 Å². The summed E-state index contributed by atoms with van der Waals surface area (Å²) in [7, 11) is 0. The van der Waals surface area contributed by atoms with Crippen LogP contribution in [-0.4, -0.2) is 6.36 Å². The third-order valence-electron chi connectivity index (χ3n) is 2.59. The maximum atomic E-state index is 12.0. The SMILES string of the molecule is N#Cc1ccccc1COc1ccc(OC(F)(F)F)cc1. The van der Waals surface area contributed by atoms with Gasteiger partial charge in [0.2, 0.25) is 0 Å². The van der Waals surface area contributed by atoms with Crippen molar-refractivity contribution in [1.82, 2.24) is 0 Å². The molecule has 2 aromatic rings. The van der Waals surface area contributed by atoms with Gasteiger partial charge in [0.05, 0.1) is 11.6 Å². The summed E-state index contributed by atoms with van der Waals surface area (Å²) in [6.07, 6.45) is -4.71. The molecule has 108 valence electrons. The zero-order chi connectivity index (χ0) is 15.3. The number of rotatable bonds is 4. The Morgan fingerprint density at radius 2 is 1.57 bits per heavy atom. The molecule has 0 aliphatic heterocycles. The van der Waals surface area contributed by atoms with Crippen molar-refractivity contribution in [3.63, 3.8) is 0 Å². The van der Waals surface area contributed by atoms with Crippen LogP contribution >= 0.6 is 0 Å². The second kappa shape index (κ2) is 6.18. The largest absolute Gasteiger partial charge is 0.573 e. The molecular formula is C15H10F3NO2. The number of alkyl halides is 3. The highest BCUT2D eigenvalue weighted by molar-refractivity contribution is 5.37. The van der Waals surface area contributed by atoms with Gasteiger partial charge in [-0.25, -0.2) is 0 Å². The van der Waals surface area contributed by atoms with Gasteiger partial charge in [-0.1, -0.05) is 18.2 Å². The molecule has 2 rings (SSSR count). The molecule has 0 spiro atoms. The molecule has 3 nitrogen and oxygen atoms in total. The Kier molecular flexibility index (Phi) is 4.33.